The highest BCUT2D eigenvalue weighted by molar-refractivity contribution is 7.89. The Hall–Kier alpha value is -2.65. The summed E-state index contributed by atoms with van der Waals surface area (Å²) in [7, 11) is 0.319. The highest BCUT2D eigenvalue weighted by atomic mass is 32.2. The predicted molar refractivity (Wildman–Crippen MR) is 103 cm³/mol. The molecular formula is C19H22N2O6S. The molecule has 0 spiro atoms. The minimum atomic E-state index is -4.07. The number of hydrogen-bond acceptors (Lipinski definition) is 6. The zero-order chi connectivity index (χ0) is 20.5. The van der Waals surface area contributed by atoms with E-state index in [2.05, 4.69) is 0 Å². The summed E-state index contributed by atoms with van der Waals surface area (Å²) in [5.41, 5.74) is 1.04. The van der Waals surface area contributed by atoms with E-state index in [0.717, 1.165) is 22.7 Å². The van der Waals surface area contributed by atoms with Gasteiger partial charge in [0.1, 0.15) is 11.5 Å². The van der Waals surface area contributed by atoms with Crippen molar-refractivity contribution in [3.63, 3.8) is 0 Å². The van der Waals surface area contributed by atoms with Crippen molar-refractivity contribution in [1.82, 2.24) is 4.31 Å². The summed E-state index contributed by atoms with van der Waals surface area (Å²) >= 11 is 0. The lowest BCUT2D eigenvalue weighted by Crippen LogP contribution is -2.27. The molecule has 0 N–H and O–H groups in total. The lowest BCUT2D eigenvalue weighted by molar-refractivity contribution is -0.387. The Kier molecular flexibility index (Phi) is 5.57. The summed E-state index contributed by atoms with van der Waals surface area (Å²) in [5, 5.41) is 11.5. The summed E-state index contributed by atoms with van der Waals surface area (Å²) in [6, 6.07) is 9.44. The molecule has 0 amide bonds. The Balaban J connectivity index is 1.93. The van der Waals surface area contributed by atoms with E-state index in [-0.39, 0.29) is 17.4 Å². The first-order valence-electron chi connectivity index (χ1n) is 8.73. The van der Waals surface area contributed by atoms with Crippen LogP contribution in [0.25, 0.3) is 0 Å². The fraction of sp³-hybridized carbons (Fsp3) is 0.368. The number of ether oxygens (including phenoxy) is 2. The van der Waals surface area contributed by atoms with E-state index >= 15 is 0 Å². The molecule has 0 radical (unpaired) electrons. The second-order valence-corrected chi connectivity index (χ2v) is 8.71. The number of rotatable bonds is 8. The average molecular weight is 406 g/mol. The number of sulfonamides is 1. The number of nitrogens with zero attached hydrogens (tertiary/aromatic N) is 2. The van der Waals surface area contributed by atoms with Gasteiger partial charge in [-0.15, -0.1) is 0 Å². The first-order valence-corrected chi connectivity index (χ1v) is 10.2. The first kappa shape index (κ1) is 20.1. The normalized spacial score (nSPS) is 14.1. The van der Waals surface area contributed by atoms with Crippen molar-refractivity contribution in [3.8, 4) is 11.5 Å². The number of nitro groups is 1. The maximum atomic E-state index is 13.0. The lowest BCUT2D eigenvalue weighted by atomic mass is 10.1. The van der Waals surface area contributed by atoms with Gasteiger partial charge in [0, 0.05) is 31.3 Å². The fourth-order valence-corrected chi connectivity index (χ4v) is 4.32. The van der Waals surface area contributed by atoms with E-state index in [1.807, 2.05) is 0 Å². The van der Waals surface area contributed by atoms with Crippen LogP contribution in [0.3, 0.4) is 0 Å². The van der Waals surface area contributed by atoms with Crippen molar-refractivity contribution in [2.75, 3.05) is 21.3 Å². The monoisotopic (exact) mass is 406 g/mol. The van der Waals surface area contributed by atoms with Gasteiger partial charge in [-0.25, -0.2) is 8.42 Å². The maximum absolute atomic E-state index is 13.0. The summed E-state index contributed by atoms with van der Waals surface area (Å²) in [4.78, 5) is 10.6. The highest BCUT2D eigenvalue weighted by Gasteiger charge is 2.33. The van der Waals surface area contributed by atoms with Crippen LogP contribution >= 0.6 is 0 Å². The summed E-state index contributed by atoms with van der Waals surface area (Å²) in [6.45, 7) is -0.00294. The standard InChI is InChI=1S/C19H22N2O6S/c1-20(12-15-6-8-16(26-2)11-18(15)27-3)28(24,25)19-9-7-14(13-4-5-13)10-17(19)21(22)23/h6-11,13H,4-5,12H2,1-3H3. The van der Waals surface area contributed by atoms with E-state index in [4.69, 9.17) is 9.47 Å². The molecule has 2 aromatic carbocycles. The van der Waals surface area contributed by atoms with E-state index in [1.54, 1.807) is 24.3 Å². The summed E-state index contributed by atoms with van der Waals surface area (Å²) < 4.78 is 37.6. The Labute approximate surface area is 163 Å². The molecule has 2 aromatic rings. The zero-order valence-corrected chi connectivity index (χ0v) is 16.7. The Morgan fingerprint density at radius 1 is 1.14 bits per heavy atom. The fourth-order valence-electron chi connectivity index (χ4n) is 3.04. The minimum absolute atomic E-state index is 0.00294. The summed E-state index contributed by atoms with van der Waals surface area (Å²) in [5.74, 6) is 1.34. The highest BCUT2D eigenvalue weighted by Crippen LogP contribution is 2.42. The van der Waals surface area contributed by atoms with Gasteiger partial charge in [-0.2, -0.15) is 4.31 Å². The molecule has 0 aromatic heterocycles. The zero-order valence-electron chi connectivity index (χ0n) is 15.9. The van der Waals surface area contributed by atoms with Crippen LogP contribution in [0.1, 0.15) is 29.9 Å². The van der Waals surface area contributed by atoms with Crippen LogP contribution < -0.4 is 9.47 Å². The molecule has 0 unspecified atom stereocenters. The first-order chi connectivity index (χ1) is 13.3. The van der Waals surface area contributed by atoms with Gasteiger partial charge in [0.15, 0.2) is 4.90 Å². The number of nitro benzene ring substituents is 1. The van der Waals surface area contributed by atoms with Crippen molar-refractivity contribution in [2.45, 2.75) is 30.2 Å². The van der Waals surface area contributed by atoms with E-state index in [0.29, 0.717) is 17.1 Å². The molecule has 1 fully saturated rings. The van der Waals surface area contributed by atoms with Crippen LogP contribution in [0.5, 0.6) is 11.5 Å². The Morgan fingerprint density at radius 3 is 2.43 bits per heavy atom. The quantitative estimate of drug-likeness (QED) is 0.493. The second-order valence-electron chi connectivity index (χ2n) is 6.70. The van der Waals surface area contributed by atoms with Gasteiger partial charge in [0.2, 0.25) is 10.0 Å². The Bertz CT molecular complexity index is 1000. The molecule has 1 aliphatic carbocycles. The molecule has 0 aliphatic heterocycles. The van der Waals surface area contributed by atoms with E-state index in [1.165, 1.54) is 33.4 Å². The Morgan fingerprint density at radius 2 is 1.86 bits per heavy atom. The predicted octanol–water partition coefficient (Wildman–Crippen LogP) is 3.31. The average Bonchev–Trinajstić information content (AvgIpc) is 3.52. The van der Waals surface area contributed by atoms with Crippen LogP contribution in [-0.4, -0.2) is 38.9 Å². The SMILES string of the molecule is COc1ccc(CN(C)S(=O)(=O)c2ccc(C3CC3)cc2[N+](=O)[O-])c(OC)c1. The van der Waals surface area contributed by atoms with Crippen molar-refractivity contribution in [2.24, 2.45) is 0 Å². The molecule has 1 aliphatic rings. The third-order valence-electron chi connectivity index (χ3n) is 4.80. The lowest BCUT2D eigenvalue weighted by Gasteiger charge is -2.19. The van der Waals surface area contributed by atoms with E-state index in [9.17, 15) is 18.5 Å². The molecule has 0 bridgehead atoms. The summed E-state index contributed by atoms with van der Waals surface area (Å²) in [6.07, 6.45) is 1.95. The van der Waals surface area contributed by atoms with Crippen LogP contribution in [0.15, 0.2) is 41.3 Å². The van der Waals surface area contributed by atoms with Gasteiger partial charge in [-0.3, -0.25) is 10.1 Å². The molecule has 9 heteroatoms. The van der Waals surface area contributed by atoms with Crippen molar-refractivity contribution in [3.05, 3.63) is 57.6 Å². The molecule has 0 saturated heterocycles. The smallest absolute Gasteiger partial charge is 0.289 e. The van der Waals surface area contributed by atoms with Crippen molar-refractivity contribution in [1.29, 1.82) is 0 Å². The van der Waals surface area contributed by atoms with E-state index < -0.39 is 20.6 Å². The van der Waals surface area contributed by atoms with Crippen LogP contribution in [0, 0.1) is 10.1 Å². The number of methoxy groups -OCH3 is 2. The van der Waals surface area contributed by atoms with Gasteiger partial charge in [0.05, 0.1) is 19.1 Å². The van der Waals surface area contributed by atoms with Crippen molar-refractivity contribution >= 4 is 15.7 Å². The molecule has 1 saturated carbocycles. The van der Waals surface area contributed by atoms with Gasteiger partial charge in [-0.05, 0) is 36.5 Å². The van der Waals surface area contributed by atoms with Crippen LogP contribution in [-0.2, 0) is 16.6 Å². The third kappa shape index (κ3) is 3.95. The van der Waals surface area contributed by atoms with Crippen LogP contribution in [0.4, 0.5) is 5.69 Å². The van der Waals surface area contributed by atoms with Crippen molar-refractivity contribution < 1.29 is 22.8 Å². The largest absolute Gasteiger partial charge is 0.497 e. The van der Waals surface area contributed by atoms with Gasteiger partial charge in [0.25, 0.3) is 5.69 Å². The van der Waals surface area contributed by atoms with Gasteiger partial charge in [-0.1, -0.05) is 12.1 Å². The molecule has 0 atom stereocenters. The molecule has 0 heterocycles. The topological polar surface area (TPSA) is 99.0 Å². The molecular weight excluding hydrogens is 384 g/mol. The number of hydrogen-bond donors (Lipinski definition) is 0. The van der Waals surface area contributed by atoms with Crippen LogP contribution in [0.2, 0.25) is 0 Å². The molecule has 150 valence electrons. The number of benzene rings is 2. The minimum Gasteiger partial charge on any atom is -0.497 e. The van der Waals surface area contributed by atoms with Gasteiger partial charge < -0.3 is 9.47 Å². The molecule has 8 nitrogen and oxygen atoms in total. The second kappa shape index (κ2) is 7.76. The molecule has 3 rings (SSSR count). The maximum Gasteiger partial charge on any atom is 0.289 e. The molecule has 28 heavy (non-hydrogen) atoms. The van der Waals surface area contributed by atoms with Gasteiger partial charge >= 0.3 is 0 Å². The third-order valence-corrected chi connectivity index (χ3v) is 6.65.